The van der Waals surface area contributed by atoms with Crippen molar-refractivity contribution >= 4 is 21.9 Å². The largest absolute Gasteiger partial charge is 0.493 e. The first kappa shape index (κ1) is 14.2. The molecule has 1 fully saturated rings. The van der Waals surface area contributed by atoms with Crippen molar-refractivity contribution in [3.63, 3.8) is 0 Å². The van der Waals surface area contributed by atoms with Gasteiger partial charge in [-0.3, -0.25) is 4.79 Å². The van der Waals surface area contributed by atoms with E-state index in [1.54, 1.807) is 14.2 Å². The molecule has 104 valence electrons. The molecule has 19 heavy (non-hydrogen) atoms. The van der Waals surface area contributed by atoms with Gasteiger partial charge in [-0.1, -0.05) is 15.9 Å². The fourth-order valence-electron chi connectivity index (χ4n) is 2.53. The van der Waals surface area contributed by atoms with Crippen molar-refractivity contribution in [3.05, 3.63) is 21.7 Å². The molecule has 5 heteroatoms. The van der Waals surface area contributed by atoms with Crippen LogP contribution < -0.4 is 9.47 Å². The molecule has 0 aliphatic heterocycles. The lowest BCUT2D eigenvalue weighted by atomic mass is 9.90. The molecular formula is C14H17BrO4. The second kappa shape index (κ2) is 5.04. The average molecular weight is 329 g/mol. The molecule has 0 heterocycles. The first-order chi connectivity index (χ1) is 8.95. The molecule has 1 N–H and O–H groups in total. The molecular weight excluding hydrogens is 312 g/mol. The highest BCUT2D eigenvalue weighted by molar-refractivity contribution is 9.10. The van der Waals surface area contributed by atoms with Gasteiger partial charge in [-0.25, -0.2) is 0 Å². The molecule has 0 aromatic heterocycles. The zero-order valence-electron chi connectivity index (χ0n) is 11.2. The highest BCUT2D eigenvalue weighted by atomic mass is 79.9. The second-order valence-electron chi connectivity index (χ2n) is 4.97. The number of carboxylic acids is 1. The van der Waals surface area contributed by atoms with Crippen molar-refractivity contribution in [1.82, 2.24) is 0 Å². The molecule has 1 aliphatic carbocycles. The summed E-state index contributed by atoms with van der Waals surface area (Å²) in [6.45, 7) is 1.96. The second-order valence-corrected chi connectivity index (χ2v) is 5.76. The summed E-state index contributed by atoms with van der Waals surface area (Å²) < 4.78 is 11.7. The minimum Gasteiger partial charge on any atom is -0.493 e. The van der Waals surface area contributed by atoms with Crippen molar-refractivity contribution in [2.24, 2.45) is 0 Å². The van der Waals surface area contributed by atoms with Crippen LogP contribution in [0.5, 0.6) is 11.5 Å². The first-order valence-electron chi connectivity index (χ1n) is 6.08. The van der Waals surface area contributed by atoms with Gasteiger partial charge >= 0.3 is 5.97 Å². The quantitative estimate of drug-likeness (QED) is 0.901. The van der Waals surface area contributed by atoms with Gasteiger partial charge in [0.2, 0.25) is 0 Å². The van der Waals surface area contributed by atoms with Crippen LogP contribution in [-0.4, -0.2) is 25.3 Å². The molecule has 0 spiro atoms. The number of aryl methyl sites for hydroxylation is 1. The Kier molecular flexibility index (Phi) is 3.76. The number of methoxy groups -OCH3 is 2. The summed E-state index contributed by atoms with van der Waals surface area (Å²) >= 11 is 3.57. The van der Waals surface area contributed by atoms with E-state index >= 15 is 0 Å². The molecule has 1 aromatic carbocycles. The summed E-state index contributed by atoms with van der Waals surface area (Å²) in [5.74, 6) is 0.500. The lowest BCUT2D eigenvalue weighted by Gasteiger charge is -2.22. The van der Waals surface area contributed by atoms with Crippen LogP contribution in [0.3, 0.4) is 0 Å². The molecule has 1 aliphatic rings. The van der Waals surface area contributed by atoms with Gasteiger partial charge < -0.3 is 14.6 Å². The third-order valence-electron chi connectivity index (χ3n) is 3.66. The number of hydrogen-bond donors (Lipinski definition) is 1. The molecule has 0 radical (unpaired) electrons. The third kappa shape index (κ3) is 2.43. The van der Waals surface area contributed by atoms with Crippen molar-refractivity contribution < 1.29 is 19.4 Å². The maximum atomic E-state index is 11.1. The SMILES string of the molecule is COc1cc(C)c(Br)c(C2(CC(=O)O)CC2)c1OC. The van der Waals surface area contributed by atoms with Crippen molar-refractivity contribution in [3.8, 4) is 11.5 Å². The Bertz CT molecular complexity index is 521. The molecule has 2 rings (SSSR count). The van der Waals surface area contributed by atoms with Gasteiger partial charge in [0.05, 0.1) is 20.6 Å². The minimum absolute atomic E-state index is 0.120. The molecule has 1 aromatic rings. The van der Waals surface area contributed by atoms with E-state index < -0.39 is 5.97 Å². The topological polar surface area (TPSA) is 55.8 Å². The van der Waals surface area contributed by atoms with Crippen LogP contribution in [0, 0.1) is 6.92 Å². The van der Waals surface area contributed by atoms with E-state index in [2.05, 4.69) is 15.9 Å². The summed E-state index contributed by atoms with van der Waals surface area (Å²) in [5, 5.41) is 9.11. The van der Waals surface area contributed by atoms with Crippen molar-refractivity contribution in [1.29, 1.82) is 0 Å². The summed E-state index contributed by atoms with van der Waals surface area (Å²) in [6.07, 6.45) is 1.84. The highest BCUT2D eigenvalue weighted by Gasteiger charge is 2.49. The predicted octanol–water partition coefficient (Wildman–Crippen LogP) is 3.28. The van der Waals surface area contributed by atoms with E-state index in [1.807, 2.05) is 13.0 Å². The van der Waals surface area contributed by atoms with Crippen LogP contribution in [0.1, 0.15) is 30.4 Å². The van der Waals surface area contributed by atoms with Crippen LogP contribution in [-0.2, 0) is 10.2 Å². The van der Waals surface area contributed by atoms with Crippen LogP contribution in [0.15, 0.2) is 10.5 Å². The number of halogens is 1. The fraction of sp³-hybridized carbons (Fsp3) is 0.500. The number of carboxylic acid groups (broad SMARTS) is 1. The van der Waals surface area contributed by atoms with Crippen LogP contribution in [0.2, 0.25) is 0 Å². The molecule has 4 nitrogen and oxygen atoms in total. The standard InChI is InChI=1S/C14H17BrO4/c1-8-6-9(18-2)13(19-3)11(12(8)15)14(4-5-14)7-10(16)17/h6H,4-5,7H2,1-3H3,(H,16,17). The van der Waals surface area contributed by atoms with Crippen molar-refractivity contribution in [2.75, 3.05) is 14.2 Å². The Morgan fingerprint density at radius 3 is 2.47 bits per heavy atom. The van der Waals surface area contributed by atoms with Gasteiger partial charge in [0.15, 0.2) is 11.5 Å². The van der Waals surface area contributed by atoms with Crippen LogP contribution in [0.4, 0.5) is 0 Å². The van der Waals surface area contributed by atoms with E-state index in [9.17, 15) is 4.79 Å². The Balaban J connectivity index is 2.61. The van der Waals surface area contributed by atoms with Crippen LogP contribution in [0.25, 0.3) is 0 Å². The molecule has 0 atom stereocenters. The number of carbonyl (C=O) groups is 1. The fourth-order valence-corrected chi connectivity index (χ4v) is 3.24. The number of benzene rings is 1. The minimum atomic E-state index is -0.785. The summed E-state index contributed by atoms with van der Waals surface area (Å²) in [6, 6.07) is 1.89. The van der Waals surface area contributed by atoms with Gasteiger partial charge in [-0.15, -0.1) is 0 Å². The Morgan fingerprint density at radius 1 is 1.42 bits per heavy atom. The molecule has 0 unspecified atom stereocenters. The van der Waals surface area contributed by atoms with Gasteiger partial charge in [-0.05, 0) is 31.4 Å². The first-order valence-corrected chi connectivity index (χ1v) is 6.88. The Hall–Kier alpha value is -1.23. The molecule has 0 saturated heterocycles. The highest BCUT2D eigenvalue weighted by Crippen LogP contribution is 2.58. The van der Waals surface area contributed by atoms with Gasteiger partial charge in [0.1, 0.15) is 0 Å². The number of hydrogen-bond acceptors (Lipinski definition) is 3. The number of ether oxygens (including phenoxy) is 2. The van der Waals surface area contributed by atoms with Gasteiger partial charge in [0, 0.05) is 15.5 Å². The normalized spacial score (nSPS) is 16.0. The molecule has 0 bridgehead atoms. The van der Waals surface area contributed by atoms with Gasteiger partial charge in [-0.2, -0.15) is 0 Å². The van der Waals surface area contributed by atoms with Gasteiger partial charge in [0.25, 0.3) is 0 Å². The van der Waals surface area contributed by atoms with E-state index in [0.717, 1.165) is 28.4 Å². The van der Waals surface area contributed by atoms with E-state index in [-0.39, 0.29) is 11.8 Å². The third-order valence-corrected chi connectivity index (χ3v) is 4.68. The Labute approximate surface area is 120 Å². The zero-order chi connectivity index (χ0) is 14.2. The average Bonchev–Trinajstić information content (AvgIpc) is 3.11. The Morgan fingerprint density at radius 2 is 2.05 bits per heavy atom. The maximum Gasteiger partial charge on any atom is 0.304 e. The molecule has 0 amide bonds. The van der Waals surface area contributed by atoms with E-state index in [4.69, 9.17) is 14.6 Å². The summed E-state index contributed by atoms with van der Waals surface area (Å²) in [4.78, 5) is 11.1. The van der Waals surface area contributed by atoms with Crippen molar-refractivity contribution in [2.45, 2.75) is 31.6 Å². The predicted molar refractivity (Wildman–Crippen MR) is 75.1 cm³/mol. The summed E-state index contributed by atoms with van der Waals surface area (Å²) in [7, 11) is 3.17. The smallest absolute Gasteiger partial charge is 0.304 e. The van der Waals surface area contributed by atoms with Crippen LogP contribution >= 0.6 is 15.9 Å². The molecule has 1 saturated carbocycles. The zero-order valence-corrected chi connectivity index (χ0v) is 12.8. The van der Waals surface area contributed by atoms with E-state index in [0.29, 0.717) is 11.5 Å². The maximum absolute atomic E-state index is 11.1. The monoisotopic (exact) mass is 328 g/mol. The number of aliphatic carboxylic acids is 1. The lowest BCUT2D eigenvalue weighted by molar-refractivity contribution is -0.137. The van der Waals surface area contributed by atoms with E-state index in [1.165, 1.54) is 0 Å². The number of rotatable bonds is 5. The lowest BCUT2D eigenvalue weighted by Crippen LogP contribution is -2.16. The summed E-state index contributed by atoms with van der Waals surface area (Å²) in [5.41, 5.74) is 1.62.